The predicted octanol–water partition coefficient (Wildman–Crippen LogP) is 4.44. The fourth-order valence-corrected chi connectivity index (χ4v) is 1.64. The number of benzene rings is 1. The minimum Gasteiger partial charge on any atom is -0.462 e. The maximum atomic E-state index is 13.6. The van der Waals surface area contributed by atoms with E-state index in [2.05, 4.69) is 0 Å². The van der Waals surface area contributed by atoms with Crippen LogP contribution >= 0.6 is 0 Å². The molecule has 0 amide bonds. The van der Waals surface area contributed by atoms with Crippen molar-refractivity contribution in [2.45, 2.75) is 32.9 Å². The van der Waals surface area contributed by atoms with Crippen LogP contribution < -0.4 is 0 Å². The molecule has 0 aliphatic heterocycles. The minimum atomic E-state index is -4.84. The Hall–Kier alpha value is -1.59. The minimum absolute atomic E-state index is 0.0622. The molecule has 0 heterocycles. The quantitative estimate of drug-likeness (QED) is 0.455. The van der Waals surface area contributed by atoms with E-state index in [0.29, 0.717) is 18.4 Å². The van der Waals surface area contributed by atoms with Gasteiger partial charge in [-0.25, -0.2) is 9.18 Å². The lowest BCUT2D eigenvalue weighted by molar-refractivity contribution is -0.140. The van der Waals surface area contributed by atoms with E-state index in [1.807, 2.05) is 13.8 Å². The summed E-state index contributed by atoms with van der Waals surface area (Å²) in [4.78, 5) is 11.6. The van der Waals surface area contributed by atoms with Crippen molar-refractivity contribution in [1.29, 1.82) is 0 Å². The summed E-state index contributed by atoms with van der Waals surface area (Å²) < 4.78 is 55.9. The van der Waals surface area contributed by atoms with Gasteiger partial charge in [0.2, 0.25) is 0 Å². The molecule has 0 spiro atoms. The van der Waals surface area contributed by atoms with Gasteiger partial charge in [-0.05, 0) is 30.9 Å². The van der Waals surface area contributed by atoms with Crippen molar-refractivity contribution in [2.75, 3.05) is 6.61 Å². The van der Waals surface area contributed by atoms with Crippen LogP contribution in [0.3, 0.4) is 0 Å². The van der Waals surface area contributed by atoms with Gasteiger partial charge in [0.05, 0.1) is 17.7 Å². The summed E-state index contributed by atoms with van der Waals surface area (Å²) in [5, 5.41) is 0. The van der Waals surface area contributed by atoms with Crippen LogP contribution in [-0.4, -0.2) is 12.6 Å². The number of rotatable bonds is 5. The second-order valence-electron chi connectivity index (χ2n) is 4.84. The highest BCUT2D eigenvalue weighted by molar-refractivity contribution is 5.90. The van der Waals surface area contributed by atoms with Gasteiger partial charge in [-0.15, -0.1) is 0 Å². The molecule has 0 aliphatic rings. The zero-order chi connectivity index (χ0) is 15.3. The molecule has 20 heavy (non-hydrogen) atoms. The molecular formula is C14H16F4O2. The molecule has 1 aromatic carbocycles. The summed E-state index contributed by atoms with van der Waals surface area (Å²) in [6, 6.07) is 2.55. The number of alkyl halides is 3. The first-order valence-corrected chi connectivity index (χ1v) is 6.26. The molecule has 0 atom stereocenters. The van der Waals surface area contributed by atoms with E-state index in [0.717, 1.165) is 18.6 Å². The fourth-order valence-electron chi connectivity index (χ4n) is 1.64. The molecule has 1 rings (SSSR count). The Morgan fingerprint density at radius 1 is 1.30 bits per heavy atom. The highest BCUT2D eigenvalue weighted by Gasteiger charge is 2.35. The first-order valence-electron chi connectivity index (χ1n) is 6.26. The van der Waals surface area contributed by atoms with Gasteiger partial charge in [-0.1, -0.05) is 19.9 Å². The third-order valence-electron chi connectivity index (χ3n) is 2.68. The maximum absolute atomic E-state index is 13.6. The van der Waals surface area contributed by atoms with Crippen molar-refractivity contribution in [3.8, 4) is 0 Å². The van der Waals surface area contributed by atoms with E-state index >= 15 is 0 Å². The van der Waals surface area contributed by atoms with Crippen LogP contribution in [0.5, 0.6) is 0 Å². The van der Waals surface area contributed by atoms with E-state index in [1.165, 1.54) is 0 Å². The van der Waals surface area contributed by atoms with Crippen LogP contribution in [0.4, 0.5) is 17.6 Å². The van der Waals surface area contributed by atoms with Crippen molar-refractivity contribution in [3.63, 3.8) is 0 Å². The summed E-state index contributed by atoms with van der Waals surface area (Å²) in [5.74, 6) is -2.23. The van der Waals surface area contributed by atoms with Crippen molar-refractivity contribution in [1.82, 2.24) is 0 Å². The molecule has 112 valence electrons. The molecule has 2 nitrogen and oxygen atoms in total. The van der Waals surface area contributed by atoms with E-state index < -0.39 is 29.1 Å². The number of hydrogen-bond acceptors (Lipinski definition) is 2. The Bertz CT molecular complexity index is 467. The van der Waals surface area contributed by atoms with Gasteiger partial charge >= 0.3 is 12.1 Å². The lowest BCUT2D eigenvalue weighted by Crippen LogP contribution is -2.14. The second kappa shape index (κ2) is 6.72. The summed E-state index contributed by atoms with van der Waals surface area (Å²) in [7, 11) is 0. The molecule has 0 fully saturated rings. The van der Waals surface area contributed by atoms with Crippen molar-refractivity contribution in [2.24, 2.45) is 5.92 Å². The molecule has 0 bridgehead atoms. The molecule has 0 saturated carbocycles. The monoisotopic (exact) mass is 292 g/mol. The summed E-state index contributed by atoms with van der Waals surface area (Å²) in [5.41, 5.74) is -2.15. The fraction of sp³-hybridized carbons (Fsp3) is 0.500. The second-order valence-corrected chi connectivity index (χ2v) is 4.84. The Kier molecular flexibility index (Phi) is 5.53. The first-order chi connectivity index (χ1) is 9.23. The van der Waals surface area contributed by atoms with Crippen LogP contribution in [0, 0.1) is 11.7 Å². The lowest BCUT2D eigenvalue weighted by atomic mass is 10.1. The highest BCUT2D eigenvalue weighted by Crippen LogP contribution is 2.32. The molecule has 0 aromatic heterocycles. The average molecular weight is 292 g/mol. The van der Waals surface area contributed by atoms with Crippen molar-refractivity contribution < 1.29 is 27.1 Å². The third kappa shape index (κ3) is 4.51. The Balaban J connectivity index is 2.74. The summed E-state index contributed by atoms with van der Waals surface area (Å²) in [6.07, 6.45) is -3.43. The maximum Gasteiger partial charge on any atom is 0.419 e. The number of halogens is 4. The largest absolute Gasteiger partial charge is 0.462 e. The van der Waals surface area contributed by atoms with Gasteiger partial charge < -0.3 is 4.74 Å². The molecule has 0 aliphatic carbocycles. The SMILES string of the molecule is CC(C)CCCOC(=O)c1cccc(C(F)(F)F)c1F. The molecule has 0 N–H and O–H groups in total. The molecule has 6 heteroatoms. The van der Waals surface area contributed by atoms with Gasteiger partial charge in [0.15, 0.2) is 0 Å². The number of hydrogen-bond donors (Lipinski definition) is 0. The van der Waals surface area contributed by atoms with Crippen LogP contribution in [0.25, 0.3) is 0 Å². The number of ether oxygens (including phenoxy) is 1. The predicted molar refractivity (Wildman–Crippen MR) is 65.8 cm³/mol. The van der Waals surface area contributed by atoms with Crippen LogP contribution in [0.2, 0.25) is 0 Å². The van der Waals surface area contributed by atoms with Gasteiger partial charge in [0.1, 0.15) is 5.82 Å². The zero-order valence-electron chi connectivity index (χ0n) is 11.3. The molecule has 0 unspecified atom stereocenters. The van der Waals surface area contributed by atoms with E-state index in [9.17, 15) is 22.4 Å². The standard InChI is InChI=1S/C14H16F4O2/c1-9(2)5-4-8-20-13(19)10-6-3-7-11(12(10)15)14(16,17)18/h3,6-7,9H,4-5,8H2,1-2H3. The van der Waals surface area contributed by atoms with Crippen LogP contribution in [0.15, 0.2) is 18.2 Å². The normalized spacial score (nSPS) is 11.8. The lowest BCUT2D eigenvalue weighted by Gasteiger charge is -2.11. The smallest absolute Gasteiger partial charge is 0.419 e. The van der Waals surface area contributed by atoms with Gasteiger partial charge in [0, 0.05) is 0 Å². The van der Waals surface area contributed by atoms with Gasteiger partial charge in [-0.3, -0.25) is 0 Å². The third-order valence-corrected chi connectivity index (χ3v) is 2.68. The molecular weight excluding hydrogens is 276 g/mol. The number of esters is 1. The first kappa shape index (κ1) is 16.5. The zero-order valence-corrected chi connectivity index (χ0v) is 11.3. The summed E-state index contributed by atoms with van der Waals surface area (Å²) >= 11 is 0. The average Bonchev–Trinajstić information content (AvgIpc) is 2.33. The highest BCUT2D eigenvalue weighted by atomic mass is 19.4. The van der Waals surface area contributed by atoms with E-state index in [4.69, 9.17) is 4.74 Å². The van der Waals surface area contributed by atoms with Crippen molar-refractivity contribution in [3.05, 3.63) is 35.1 Å². The van der Waals surface area contributed by atoms with Gasteiger partial charge in [0.25, 0.3) is 0 Å². The van der Waals surface area contributed by atoms with Crippen LogP contribution in [0.1, 0.15) is 42.6 Å². The summed E-state index contributed by atoms with van der Waals surface area (Å²) in [6.45, 7) is 4.05. The van der Waals surface area contributed by atoms with Gasteiger partial charge in [-0.2, -0.15) is 13.2 Å². The molecule has 1 aromatic rings. The molecule has 0 saturated heterocycles. The van der Waals surface area contributed by atoms with Crippen LogP contribution in [-0.2, 0) is 10.9 Å². The Morgan fingerprint density at radius 3 is 2.50 bits per heavy atom. The molecule has 0 radical (unpaired) electrons. The topological polar surface area (TPSA) is 26.3 Å². The Labute approximate surface area is 114 Å². The van der Waals surface area contributed by atoms with E-state index in [-0.39, 0.29) is 6.61 Å². The number of carbonyl (C=O) groups is 1. The van der Waals surface area contributed by atoms with Crippen molar-refractivity contribution >= 4 is 5.97 Å². The number of carbonyl (C=O) groups excluding carboxylic acids is 1. The van der Waals surface area contributed by atoms with E-state index in [1.54, 1.807) is 0 Å². The Morgan fingerprint density at radius 2 is 1.95 bits per heavy atom.